The summed E-state index contributed by atoms with van der Waals surface area (Å²) in [6.45, 7) is 1.65. The number of sulfonamides is 1. The van der Waals surface area contributed by atoms with Crippen molar-refractivity contribution in [2.24, 2.45) is 5.92 Å². The van der Waals surface area contributed by atoms with E-state index in [4.69, 9.17) is 0 Å². The highest BCUT2D eigenvalue weighted by molar-refractivity contribution is 7.89. The lowest BCUT2D eigenvalue weighted by molar-refractivity contribution is 0.164. The van der Waals surface area contributed by atoms with E-state index in [1.807, 2.05) is 0 Å². The minimum Gasteiger partial charge on any atom is -0.396 e. The van der Waals surface area contributed by atoms with Crippen molar-refractivity contribution in [3.63, 3.8) is 0 Å². The number of benzene rings is 1. The molecule has 2 N–H and O–H groups in total. The maximum atomic E-state index is 13.8. The SMILES string of the molecule is Cc1ccc(S(=O)(=O)NC2CCCCC2CO)c(F)c1. The normalized spacial score (nSPS) is 23.8. The van der Waals surface area contributed by atoms with Gasteiger partial charge in [0.05, 0.1) is 0 Å². The third-order valence-electron chi connectivity index (χ3n) is 3.83. The van der Waals surface area contributed by atoms with Crippen molar-refractivity contribution in [1.82, 2.24) is 4.72 Å². The lowest BCUT2D eigenvalue weighted by atomic mass is 9.86. The maximum absolute atomic E-state index is 13.8. The van der Waals surface area contributed by atoms with Gasteiger partial charge in [0, 0.05) is 12.6 Å². The first-order chi connectivity index (χ1) is 9.44. The second kappa shape index (κ2) is 6.20. The minimum absolute atomic E-state index is 0.0520. The standard InChI is InChI=1S/C14H20FNO3S/c1-10-6-7-14(12(15)8-10)20(18,19)16-13-5-3-2-4-11(13)9-17/h6-8,11,13,16-17H,2-5,9H2,1H3. The van der Waals surface area contributed by atoms with Crippen LogP contribution in [0.25, 0.3) is 0 Å². The van der Waals surface area contributed by atoms with E-state index >= 15 is 0 Å². The Hall–Kier alpha value is -0.980. The van der Waals surface area contributed by atoms with Crippen LogP contribution in [0.5, 0.6) is 0 Å². The molecule has 0 saturated heterocycles. The van der Waals surface area contributed by atoms with Crippen molar-refractivity contribution in [1.29, 1.82) is 0 Å². The average Bonchev–Trinajstić information content (AvgIpc) is 2.38. The smallest absolute Gasteiger partial charge is 0.243 e. The van der Waals surface area contributed by atoms with Gasteiger partial charge >= 0.3 is 0 Å². The third-order valence-corrected chi connectivity index (χ3v) is 5.35. The minimum atomic E-state index is -3.89. The second-order valence-electron chi connectivity index (χ2n) is 5.39. The number of halogens is 1. The molecule has 0 bridgehead atoms. The molecule has 0 aromatic heterocycles. The summed E-state index contributed by atoms with van der Waals surface area (Å²) < 4.78 is 40.9. The first-order valence-corrected chi connectivity index (χ1v) is 8.31. The van der Waals surface area contributed by atoms with E-state index in [1.165, 1.54) is 12.1 Å². The average molecular weight is 301 g/mol. The zero-order chi connectivity index (χ0) is 14.8. The third kappa shape index (κ3) is 3.37. The van der Waals surface area contributed by atoms with Crippen molar-refractivity contribution in [2.45, 2.75) is 43.5 Å². The van der Waals surface area contributed by atoms with Crippen LogP contribution in [0.4, 0.5) is 4.39 Å². The van der Waals surface area contributed by atoms with Gasteiger partial charge in [-0.15, -0.1) is 0 Å². The van der Waals surface area contributed by atoms with Crippen LogP contribution in [-0.2, 0) is 10.0 Å². The van der Waals surface area contributed by atoms with Crippen LogP contribution < -0.4 is 4.72 Å². The van der Waals surface area contributed by atoms with Gasteiger partial charge < -0.3 is 5.11 Å². The Morgan fingerprint density at radius 3 is 2.70 bits per heavy atom. The highest BCUT2D eigenvalue weighted by atomic mass is 32.2. The van der Waals surface area contributed by atoms with E-state index in [-0.39, 0.29) is 23.5 Å². The fourth-order valence-electron chi connectivity index (χ4n) is 2.67. The highest BCUT2D eigenvalue weighted by Crippen LogP contribution is 2.26. The Bertz CT molecular complexity index is 574. The molecule has 20 heavy (non-hydrogen) atoms. The Labute approximate surface area is 119 Å². The fourth-order valence-corrected chi connectivity index (χ4v) is 4.07. The summed E-state index contributed by atoms with van der Waals surface area (Å²) in [5.74, 6) is -0.833. The van der Waals surface area contributed by atoms with Crippen molar-refractivity contribution >= 4 is 10.0 Å². The fraction of sp³-hybridized carbons (Fsp3) is 0.571. The van der Waals surface area contributed by atoms with Crippen molar-refractivity contribution < 1.29 is 17.9 Å². The highest BCUT2D eigenvalue weighted by Gasteiger charge is 2.30. The zero-order valence-corrected chi connectivity index (χ0v) is 12.3. The Kier molecular flexibility index (Phi) is 4.78. The molecule has 1 aliphatic rings. The summed E-state index contributed by atoms with van der Waals surface area (Å²) in [5.41, 5.74) is 0.673. The van der Waals surface area contributed by atoms with E-state index < -0.39 is 15.8 Å². The largest absolute Gasteiger partial charge is 0.396 e. The summed E-state index contributed by atoms with van der Waals surface area (Å²) in [6, 6.07) is 3.74. The summed E-state index contributed by atoms with van der Waals surface area (Å²) >= 11 is 0. The first-order valence-electron chi connectivity index (χ1n) is 6.83. The number of hydrogen-bond donors (Lipinski definition) is 2. The lowest BCUT2D eigenvalue weighted by Gasteiger charge is -2.30. The van der Waals surface area contributed by atoms with E-state index in [1.54, 1.807) is 13.0 Å². The number of aliphatic hydroxyl groups excluding tert-OH is 1. The van der Waals surface area contributed by atoms with Gasteiger partial charge in [-0.3, -0.25) is 0 Å². The van der Waals surface area contributed by atoms with Crippen molar-refractivity contribution in [3.8, 4) is 0 Å². The monoisotopic (exact) mass is 301 g/mol. The molecule has 1 saturated carbocycles. The summed E-state index contributed by atoms with van der Waals surface area (Å²) in [7, 11) is -3.89. The van der Waals surface area contributed by atoms with E-state index in [0.717, 1.165) is 19.3 Å². The zero-order valence-electron chi connectivity index (χ0n) is 11.5. The number of hydrogen-bond acceptors (Lipinski definition) is 3. The topological polar surface area (TPSA) is 66.4 Å². The van der Waals surface area contributed by atoms with Crippen LogP contribution in [0.15, 0.2) is 23.1 Å². The lowest BCUT2D eigenvalue weighted by Crippen LogP contribution is -2.43. The molecule has 2 unspecified atom stereocenters. The van der Waals surface area contributed by atoms with Gasteiger partial charge in [0.1, 0.15) is 10.7 Å². The first kappa shape index (κ1) is 15.4. The summed E-state index contributed by atoms with van der Waals surface area (Å²) in [6.07, 6.45) is 3.38. The molecule has 1 fully saturated rings. The molecule has 6 heteroatoms. The molecule has 0 heterocycles. The number of nitrogens with one attached hydrogen (secondary N) is 1. The van der Waals surface area contributed by atoms with E-state index in [9.17, 15) is 17.9 Å². The van der Waals surface area contributed by atoms with Crippen LogP contribution in [-0.4, -0.2) is 26.2 Å². The van der Waals surface area contributed by atoms with E-state index in [0.29, 0.717) is 12.0 Å². The van der Waals surface area contributed by atoms with Crippen LogP contribution in [0.3, 0.4) is 0 Å². The van der Waals surface area contributed by atoms with Crippen molar-refractivity contribution in [2.75, 3.05) is 6.61 Å². The van der Waals surface area contributed by atoms with Gasteiger partial charge in [-0.2, -0.15) is 0 Å². The van der Waals surface area contributed by atoms with Gasteiger partial charge in [-0.1, -0.05) is 18.9 Å². The Morgan fingerprint density at radius 2 is 2.05 bits per heavy atom. The van der Waals surface area contributed by atoms with Gasteiger partial charge in [-0.05, 0) is 43.4 Å². The molecule has 2 atom stereocenters. The molecular formula is C14H20FNO3S. The molecular weight excluding hydrogens is 281 g/mol. The quantitative estimate of drug-likeness (QED) is 0.893. The van der Waals surface area contributed by atoms with Crippen LogP contribution in [0.1, 0.15) is 31.2 Å². The Balaban J connectivity index is 2.22. The molecule has 2 rings (SSSR count). The molecule has 1 aromatic rings. The molecule has 0 spiro atoms. The predicted octanol–water partition coefficient (Wildman–Crippen LogP) is 1.96. The van der Waals surface area contributed by atoms with E-state index in [2.05, 4.69) is 4.72 Å². The van der Waals surface area contributed by atoms with Crippen molar-refractivity contribution in [3.05, 3.63) is 29.6 Å². The molecule has 0 aliphatic heterocycles. The van der Waals surface area contributed by atoms with Crippen LogP contribution in [0.2, 0.25) is 0 Å². The molecule has 1 aromatic carbocycles. The van der Waals surface area contributed by atoms with Gasteiger partial charge in [-0.25, -0.2) is 17.5 Å². The molecule has 112 valence electrons. The maximum Gasteiger partial charge on any atom is 0.243 e. The number of aryl methyl sites for hydroxylation is 1. The number of aliphatic hydroxyl groups is 1. The number of rotatable bonds is 4. The predicted molar refractivity (Wildman–Crippen MR) is 74.3 cm³/mol. The van der Waals surface area contributed by atoms with Gasteiger partial charge in [0.25, 0.3) is 0 Å². The molecule has 4 nitrogen and oxygen atoms in total. The van der Waals surface area contributed by atoms with Crippen LogP contribution >= 0.6 is 0 Å². The molecule has 0 radical (unpaired) electrons. The molecule has 1 aliphatic carbocycles. The van der Waals surface area contributed by atoms with Crippen LogP contribution in [0, 0.1) is 18.7 Å². The second-order valence-corrected chi connectivity index (χ2v) is 7.07. The Morgan fingerprint density at radius 1 is 1.35 bits per heavy atom. The summed E-state index contributed by atoms with van der Waals surface area (Å²) in [4.78, 5) is -0.328. The van der Waals surface area contributed by atoms with Gasteiger partial charge in [0.15, 0.2) is 0 Å². The molecule has 0 amide bonds. The summed E-state index contributed by atoms with van der Waals surface area (Å²) in [5, 5.41) is 9.31. The van der Waals surface area contributed by atoms with Gasteiger partial charge in [0.2, 0.25) is 10.0 Å².